The van der Waals surface area contributed by atoms with E-state index in [4.69, 9.17) is 17.9 Å². The van der Waals surface area contributed by atoms with Crippen molar-refractivity contribution in [3.8, 4) is 11.5 Å². The fraction of sp³-hybridized carbons (Fsp3) is 0.538. The Morgan fingerprint density at radius 3 is 1.83 bits per heavy atom. The van der Waals surface area contributed by atoms with Crippen molar-refractivity contribution in [3.05, 3.63) is 54.1 Å². The molecular formula is C26H40N2O6S2. The van der Waals surface area contributed by atoms with Crippen LogP contribution in [0.3, 0.4) is 0 Å². The zero-order valence-corrected chi connectivity index (χ0v) is 23.5. The highest BCUT2D eigenvalue weighted by Gasteiger charge is 2.14. The van der Waals surface area contributed by atoms with E-state index in [0.717, 1.165) is 57.4 Å². The third-order valence-electron chi connectivity index (χ3n) is 4.96. The number of benzene rings is 2. The maximum Gasteiger partial charge on any atom is 0.290 e. The van der Waals surface area contributed by atoms with E-state index >= 15 is 0 Å². The third-order valence-corrected chi connectivity index (χ3v) is 7.09. The zero-order valence-electron chi connectivity index (χ0n) is 21.9. The van der Waals surface area contributed by atoms with Crippen molar-refractivity contribution < 1.29 is 26.4 Å². The van der Waals surface area contributed by atoms with Gasteiger partial charge in [0.2, 0.25) is 11.1 Å². The standard InChI is InChI=1S/C26H40N2O6S2/c1-5-17-27(18-6-2)34-35(29)26-15-9-23(10-16-26)21-31-22-32-24-11-13-25(14-12-24)33-36(30)28(19-7-3)20-8-4/h9-16H,5-8,17-22H2,1-4H3/t35-,36-/m1/s1. The van der Waals surface area contributed by atoms with E-state index in [-0.39, 0.29) is 6.79 Å². The minimum absolute atomic E-state index is 0.0761. The summed E-state index contributed by atoms with van der Waals surface area (Å²) in [5.74, 6) is 1.14. The van der Waals surface area contributed by atoms with Gasteiger partial charge in [0, 0.05) is 26.2 Å². The molecule has 0 bridgehead atoms. The first-order valence-corrected chi connectivity index (χ1v) is 14.7. The molecule has 36 heavy (non-hydrogen) atoms. The molecule has 0 amide bonds. The van der Waals surface area contributed by atoms with Crippen molar-refractivity contribution in [2.75, 3.05) is 33.0 Å². The number of hydrogen-bond donors (Lipinski definition) is 0. The summed E-state index contributed by atoms with van der Waals surface area (Å²) in [6.45, 7) is 11.6. The normalized spacial score (nSPS) is 13.2. The fourth-order valence-corrected chi connectivity index (χ4v) is 5.11. The average molecular weight is 541 g/mol. The lowest BCUT2D eigenvalue weighted by atomic mass is 10.2. The Hall–Kier alpha value is -1.82. The molecule has 0 aliphatic rings. The van der Waals surface area contributed by atoms with Crippen molar-refractivity contribution in [2.24, 2.45) is 0 Å². The number of rotatable bonds is 19. The van der Waals surface area contributed by atoms with Crippen molar-refractivity contribution in [2.45, 2.75) is 64.9 Å². The van der Waals surface area contributed by atoms with Crippen LogP contribution in [0.15, 0.2) is 53.4 Å². The first-order chi connectivity index (χ1) is 17.5. The first-order valence-electron chi connectivity index (χ1n) is 12.6. The van der Waals surface area contributed by atoms with Gasteiger partial charge in [0.05, 0.1) is 11.5 Å². The van der Waals surface area contributed by atoms with E-state index in [1.54, 1.807) is 41.5 Å². The Labute approximate surface area is 221 Å². The summed E-state index contributed by atoms with van der Waals surface area (Å²) in [6, 6.07) is 14.3. The number of hydroxylamine groups is 2. The van der Waals surface area contributed by atoms with Gasteiger partial charge in [0.15, 0.2) is 6.79 Å². The van der Waals surface area contributed by atoms with E-state index in [1.165, 1.54) is 0 Å². The Balaban J connectivity index is 1.75. The highest BCUT2D eigenvalue weighted by molar-refractivity contribution is 7.80. The third kappa shape index (κ3) is 11.1. The van der Waals surface area contributed by atoms with Gasteiger partial charge in [-0.25, -0.2) is 4.21 Å². The van der Waals surface area contributed by atoms with Gasteiger partial charge < -0.3 is 13.7 Å². The van der Waals surface area contributed by atoms with E-state index in [1.807, 2.05) is 16.4 Å². The lowest BCUT2D eigenvalue weighted by Crippen LogP contribution is -2.30. The average Bonchev–Trinajstić information content (AvgIpc) is 2.88. The van der Waals surface area contributed by atoms with Crippen molar-refractivity contribution in [1.82, 2.24) is 9.37 Å². The van der Waals surface area contributed by atoms with E-state index in [0.29, 0.717) is 23.0 Å². The van der Waals surface area contributed by atoms with Crippen LogP contribution in [-0.2, 0) is 38.0 Å². The lowest BCUT2D eigenvalue weighted by Gasteiger charge is -2.19. The van der Waals surface area contributed by atoms with Crippen LogP contribution in [0.2, 0.25) is 0 Å². The van der Waals surface area contributed by atoms with Gasteiger partial charge in [0.1, 0.15) is 11.5 Å². The maximum atomic E-state index is 12.5. The molecule has 0 aromatic heterocycles. The predicted octanol–water partition coefficient (Wildman–Crippen LogP) is 5.40. The SMILES string of the molecule is CCCN(CCC)O[S@@](=O)c1ccc(COCOc2ccc(O[S@@](=O)N(CCC)CCC)cc2)cc1. The van der Waals surface area contributed by atoms with E-state index in [9.17, 15) is 8.42 Å². The van der Waals surface area contributed by atoms with Crippen LogP contribution in [-0.4, -0.2) is 50.8 Å². The summed E-state index contributed by atoms with van der Waals surface area (Å²) in [5.41, 5.74) is 0.938. The number of ether oxygens (including phenoxy) is 2. The molecule has 2 atom stereocenters. The molecule has 202 valence electrons. The molecule has 0 N–H and O–H groups in total. The fourth-order valence-electron chi connectivity index (χ4n) is 3.28. The molecule has 0 aliphatic carbocycles. The Morgan fingerprint density at radius 2 is 1.28 bits per heavy atom. The van der Waals surface area contributed by atoms with E-state index in [2.05, 4.69) is 27.7 Å². The van der Waals surface area contributed by atoms with Crippen LogP contribution < -0.4 is 8.92 Å². The summed E-state index contributed by atoms with van der Waals surface area (Å²) in [4.78, 5) is 0.614. The van der Waals surface area contributed by atoms with Crippen LogP contribution in [0.4, 0.5) is 0 Å². The summed E-state index contributed by atoms with van der Waals surface area (Å²) in [6.07, 6.45) is 3.70. The molecule has 0 heterocycles. The van der Waals surface area contributed by atoms with Gasteiger partial charge >= 0.3 is 0 Å². The maximum absolute atomic E-state index is 12.5. The van der Waals surface area contributed by atoms with Crippen LogP contribution in [0.5, 0.6) is 11.5 Å². The molecular weight excluding hydrogens is 500 g/mol. The molecule has 0 unspecified atom stereocenters. The molecule has 0 saturated carbocycles. The van der Waals surface area contributed by atoms with Crippen LogP contribution in [0, 0.1) is 0 Å². The second-order valence-electron chi connectivity index (χ2n) is 8.19. The van der Waals surface area contributed by atoms with Crippen molar-refractivity contribution in [1.29, 1.82) is 0 Å². The van der Waals surface area contributed by atoms with Gasteiger partial charge in [-0.3, -0.25) is 0 Å². The first kappa shape index (κ1) is 30.4. The predicted molar refractivity (Wildman–Crippen MR) is 144 cm³/mol. The topological polar surface area (TPSA) is 77.5 Å². The van der Waals surface area contributed by atoms with Gasteiger partial charge in [-0.15, -0.1) is 0 Å². The highest BCUT2D eigenvalue weighted by Crippen LogP contribution is 2.19. The van der Waals surface area contributed by atoms with Crippen molar-refractivity contribution in [3.63, 3.8) is 0 Å². The Morgan fingerprint density at radius 1 is 0.722 bits per heavy atom. The number of nitrogens with zero attached hydrogens (tertiary/aromatic N) is 2. The summed E-state index contributed by atoms with van der Waals surface area (Å²) in [7, 11) is 0. The van der Waals surface area contributed by atoms with Crippen LogP contribution >= 0.6 is 0 Å². The number of hydrogen-bond acceptors (Lipinski definition) is 7. The van der Waals surface area contributed by atoms with Gasteiger partial charge in [0.25, 0.3) is 11.3 Å². The molecule has 2 rings (SSSR count). The zero-order chi connectivity index (χ0) is 26.2. The molecule has 0 fully saturated rings. The van der Waals surface area contributed by atoms with Crippen LogP contribution in [0.1, 0.15) is 58.9 Å². The van der Waals surface area contributed by atoms with Crippen molar-refractivity contribution >= 4 is 22.3 Å². The quantitative estimate of drug-likeness (QED) is 0.134. The second kappa shape index (κ2) is 17.6. The summed E-state index contributed by atoms with van der Waals surface area (Å²) in [5, 5.41) is 1.76. The van der Waals surface area contributed by atoms with Gasteiger partial charge in [-0.1, -0.05) is 39.8 Å². The lowest BCUT2D eigenvalue weighted by molar-refractivity contribution is -0.0443. The molecule has 10 heteroatoms. The molecule has 8 nitrogen and oxygen atoms in total. The molecule has 0 aliphatic heterocycles. The second-order valence-corrected chi connectivity index (χ2v) is 10.4. The minimum atomic E-state index is -1.54. The summed E-state index contributed by atoms with van der Waals surface area (Å²) >= 11 is -3.05. The largest absolute Gasteiger partial charge is 0.468 e. The smallest absolute Gasteiger partial charge is 0.290 e. The molecule has 0 saturated heterocycles. The highest BCUT2D eigenvalue weighted by atomic mass is 32.2. The van der Waals surface area contributed by atoms with Gasteiger partial charge in [-0.2, -0.15) is 17.9 Å². The molecule has 2 aromatic rings. The van der Waals surface area contributed by atoms with E-state index < -0.39 is 22.3 Å². The Kier molecular flexibility index (Phi) is 14.9. The van der Waals surface area contributed by atoms with Crippen LogP contribution in [0.25, 0.3) is 0 Å². The molecule has 2 aromatic carbocycles. The monoisotopic (exact) mass is 540 g/mol. The summed E-state index contributed by atoms with van der Waals surface area (Å²) < 4.78 is 49.1. The molecule has 0 radical (unpaired) electrons. The van der Waals surface area contributed by atoms with Gasteiger partial charge in [-0.05, 0) is 67.6 Å². The Bertz CT molecular complexity index is 900. The minimum Gasteiger partial charge on any atom is -0.468 e. The molecule has 0 spiro atoms.